The number of benzene rings is 2. The summed E-state index contributed by atoms with van der Waals surface area (Å²) in [6, 6.07) is 18.2. The number of aryl methyl sites for hydroxylation is 1. The highest BCUT2D eigenvalue weighted by Gasteiger charge is 2.31. The van der Waals surface area contributed by atoms with Crippen LogP contribution < -0.4 is 15.0 Å². The molecule has 0 fully saturated rings. The second kappa shape index (κ2) is 10.8. The van der Waals surface area contributed by atoms with Gasteiger partial charge < -0.3 is 14.2 Å². The van der Waals surface area contributed by atoms with Gasteiger partial charge in [-0.1, -0.05) is 37.3 Å². The molecule has 0 amide bonds. The molecule has 0 unspecified atom stereocenters. The van der Waals surface area contributed by atoms with Crippen LogP contribution in [0, 0.1) is 0 Å². The van der Waals surface area contributed by atoms with Gasteiger partial charge in [0, 0.05) is 18.1 Å². The summed E-state index contributed by atoms with van der Waals surface area (Å²) in [6.45, 7) is 8.05. The van der Waals surface area contributed by atoms with Crippen molar-refractivity contribution in [1.29, 1.82) is 0 Å². The van der Waals surface area contributed by atoms with Crippen LogP contribution in [0.2, 0.25) is 0 Å². The Bertz CT molecular complexity index is 1120. The van der Waals surface area contributed by atoms with Gasteiger partial charge in [-0.15, -0.1) is 0 Å². The second-order valence-electron chi connectivity index (χ2n) is 7.92. The minimum Gasteiger partial charge on any atom is -0.492 e. The van der Waals surface area contributed by atoms with E-state index in [-0.39, 0.29) is 5.56 Å². The fraction of sp³-hybridized carbons (Fsp3) is 0.346. The van der Waals surface area contributed by atoms with Crippen LogP contribution in [0.1, 0.15) is 33.5 Å². The first kappa shape index (κ1) is 24.0. The number of hydrogen-bond donors (Lipinski definition) is 0. The van der Waals surface area contributed by atoms with E-state index in [1.54, 1.807) is 55.7 Å². The van der Waals surface area contributed by atoms with Crippen molar-refractivity contribution in [1.82, 2.24) is 9.55 Å². The van der Waals surface area contributed by atoms with E-state index in [1.165, 1.54) is 0 Å². The number of aromatic nitrogens is 2. The van der Waals surface area contributed by atoms with Crippen LogP contribution in [0.4, 0.5) is 0 Å². The van der Waals surface area contributed by atoms with E-state index >= 15 is 0 Å². The Morgan fingerprint density at radius 2 is 1.67 bits per heavy atom. The lowest BCUT2D eigenvalue weighted by Crippen LogP contribution is -2.39. The summed E-state index contributed by atoms with van der Waals surface area (Å²) in [4.78, 5) is 29.4. The number of carbonyl (C=O) groups is 1. The van der Waals surface area contributed by atoms with Crippen molar-refractivity contribution < 1.29 is 19.0 Å². The lowest BCUT2D eigenvalue weighted by Gasteiger charge is -2.24. The highest BCUT2D eigenvalue weighted by atomic mass is 16.6. The van der Waals surface area contributed by atoms with Gasteiger partial charge in [0.05, 0.1) is 18.8 Å². The molecule has 0 N–H and O–H groups in total. The number of hydrogen-bond acceptors (Lipinski definition) is 6. The van der Waals surface area contributed by atoms with E-state index in [4.69, 9.17) is 14.2 Å². The minimum absolute atomic E-state index is 0.103. The summed E-state index contributed by atoms with van der Waals surface area (Å²) in [6.07, 6.45) is 0.637. The van der Waals surface area contributed by atoms with Gasteiger partial charge in [-0.25, -0.2) is 9.78 Å². The molecule has 0 saturated heterocycles. The zero-order valence-electron chi connectivity index (χ0n) is 19.5. The van der Waals surface area contributed by atoms with Gasteiger partial charge >= 0.3 is 5.97 Å². The maximum absolute atomic E-state index is 12.7. The quantitative estimate of drug-likeness (QED) is 0.429. The molecule has 174 valence electrons. The molecule has 7 heteroatoms. The van der Waals surface area contributed by atoms with Crippen LogP contribution in [-0.4, -0.2) is 34.3 Å². The third-order valence-corrected chi connectivity index (χ3v) is 5.02. The van der Waals surface area contributed by atoms with E-state index in [0.29, 0.717) is 43.4 Å². The molecular formula is C26H30N2O5. The normalized spacial score (nSPS) is 11.2. The van der Waals surface area contributed by atoms with Crippen molar-refractivity contribution in [3.8, 4) is 22.8 Å². The van der Waals surface area contributed by atoms with Crippen LogP contribution in [0.3, 0.4) is 0 Å². The molecule has 1 aromatic heterocycles. The van der Waals surface area contributed by atoms with Gasteiger partial charge in [0.2, 0.25) is 0 Å². The third kappa shape index (κ3) is 6.22. The minimum atomic E-state index is -1.09. The third-order valence-electron chi connectivity index (χ3n) is 5.02. The molecular weight excluding hydrogens is 420 g/mol. The van der Waals surface area contributed by atoms with Crippen molar-refractivity contribution in [2.24, 2.45) is 0 Å². The Balaban J connectivity index is 1.62. The Morgan fingerprint density at radius 3 is 2.30 bits per heavy atom. The van der Waals surface area contributed by atoms with Crippen LogP contribution >= 0.6 is 0 Å². The molecule has 0 aliphatic rings. The average molecular weight is 451 g/mol. The SMILES string of the molecule is CCOC(=O)C(C)(C)Oc1ccc(OCCn2c(CC)nc(-c3ccccc3)cc2=O)cc1. The van der Waals surface area contributed by atoms with Crippen LogP contribution in [-0.2, 0) is 22.5 Å². The van der Waals surface area contributed by atoms with Gasteiger partial charge in [0.1, 0.15) is 23.9 Å². The summed E-state index contributed by atoms with van der Waals surface area (Å²) in [5, 5.41) is 0. The number of esters is 1. The Hall–Kier alpha value is -3.61. The molecule has 0 aliphatic carbocycles. The predicted molar refractivity (Wildman–Crippen MR) is 127 cm³/mol. The monoisotopic (exact) mass is 450 g/mol. The van der Waals surface area contributed by atoms with Crippen molar-refractivity contribution in [2.75, 3.05) is 13.2 Å². The summed E-state index contributed by atoms with van der Waals surface area (Å²) in [7, 11) is 0. The van der Waals surface area contributed by atoms with Gasteiger partial charge in [0.15, 0.2) is 5.60 Å². The Kier molecular flexibility index (Phi) is 7.87. The summed E-state index contributed by atoms with van der Waals surface area (Å²) in [5.74, 6) is 1.46. The van der Waals surface area contributed by atoms with Crippen molar-refractivity contribution >= 4 is 5.97 Å². The molecule has 3 aromatic rings. The lowest BCUT2D eigenvalue weighted by molar-refractivity contribution is -0.158. The Morgan fingerprint density at radius 1 is 1.00 bits per heavy atom. The molecule has 7 nitrogen and oxygen atoms in total. The van der Waals surface area contributed by atoms with Gasteiger partial charge in [0.25, 0.3) is 5.56 Å². The summed E-state index contributed by atoms with van der Waals surface area (Å²) in [5.41, 5.74) is 0.404. The highest BCUT2D eigenvalue weighted by molar-refractivity contribution is 5.79. The first-order chi connectivity index (χ1) is 15.8. The number of rotatable bonds is 10. The van der Waals surface area contributed by atoms with Crippen molar-refractivity contribution in [2.45, 2.75) is 46.3 Å². The van der Waals surface area contributed by atoms with Crippen LogP contribution in [0.5, 0.6) is 11.5 Å². The van der Waals surface area contributed by atoms with Crippen molar-refractivity contribution in [3.63, 3.8) is 0 Å². The highest BCUT2D eigenvalue weighted by Crippen LogP contribution is 2.23. The molecule has 0 aliphatic heterocycles. The summed E-state index contributed by atoms with van der Waals surface area (Å²) >= 11 is 0. The fourth-order valence-electron chi connectivity index (χ4n) is 3.32. The zero-order valence-corrected chi connectivity index (χ0v) is 19.5. The number of carbonyl (C=O) groups excluding carboxylic acids is 1. The van der Waals surface area contributed by atoms with Gasteiger partial charge in [-0.2, -0.15) is 0 Å². The Labute approximate surface area is 194 Å². The molecule has 0 saturated carbocycles. The first-order valence-electron chi connectivity index (χ1n) is 11.1. The summed E-state index contributed by atoms with van der Waals surface area (Å²) < 4.78 is 18.3. The maximum atomic E-state index is 12.7. The van der Waals surface area contributed by atoms with E-state index in [2.05, 4.69) is 4.98 Å². The molecule has 0 radical (unpaired) electrons. The van der Waals surface area contributed by atoms with E-state index < -0.39 is 11.6 Å². The molecule has 33 heavy (non-hydrogen) atoms. The average Bonchev–Trinajstić information content (AvgIpc) is 2.81. The van der Waals surface area contributed by atoms with E-state index in [1.807, 2.05) is 37.3 Å². The smallest absolute Gasteiger partial charge is 0.349 e. The fourth-order valence-corrected chi connectivity index (χ4v) is 3.32. The predicted octanol–water partition coefficient (Wildman–Crippen LogP) is 4.27. The maximum Gasteiger partial charge on any atom is 0.349 e. The standard InChI is InChI=1S/C26H30N2O5/c1-5-23-27-22(19-10-8-7-9-11-19)18-24(29)28(23)16-17-32-20-12-14-21(15-13-20)33-26(3,4)25(30)31-6-2/h7-15,18H,5-6,16-17H2,1-4H3. The lowest BCUT2D eigenvalue weighted by atomic mass is 10.1. The molecule has 3 rings (SSSR count). The molecule has 1 heterocycles. The molecule has 0 atom stereocenters. The largest absolute Gasteiger partial charge is 0.492 e. The van der Waals surface area contributed by atoms with Crippen molar-refractivity contribution in [3.05, 3.63) is 76.8 Å². The van der Waals surface area contributed by atoms with Crippen LogP contribution in [0.25, 0.3) is 11.3 Å². The first-order valence-corrected chi connectivity index (χ1v) is 11.1. The molecule has 0 spiro atoms. The van der Waals surface area contributed by atoms with E-state index in [0.717, 1.165) is 11.4 Å². The van der Waals surface area contributed by atoms with Crippen LogP contribution in [0.15, 0.2) is 65.5 Å². The zero-order chi connectivity index (χ0) is 23.8. The van der Waals surface area contributed by atoms with E-state index in [9.17, 15) is 9.59 Å². The number of ether oxygens (including phenoxy) is 3. The molecule has 2 aromatic carbocycles. The number of nitrogens with zero attached hydrogens (tertiary/aromatic N) is 2. The van der Waals surface area contributed by atoms with Gasteiger partial charge in [-0.3, -0.25) is 9.36 Å². The topological polar surface area (TPSA) is 79.7 Å². The second-order valence-corrected chi connectivity index (χ2v) is 7.92. The van der Waals surface area contributed by atoms with Gasteiger partial charge in [-0.05, 0) is 45.0 Å². The molecule has 0 bridgehead atoms.